The molecular weight excluding hydrogens is 576 g/mol. The molecule has 130 valence electrons. The minimum absolute atomic E-state index is 0.244. The second-order valence-electron chi connectivity index (χ2n) is 4.92. The minimum atomic E-state index is -1.34. The number of esters is 2. The van der Waals surface area contributed by atoms with Gasteiger partial charge in [0.05, 0.1) is 0 Å². The van der Waals surface area contributed by atoms with Gasteiger partial charge in [-0.25, -0.2) is 9.59 Å². The molecule has 1 aromatic rings. The summed E-state index contributed by atoms with van der Waals surface area (Å²) in [5, 5.41) is 0. The van der Waals surface area contributed by atoms with Crippen molar-refractivity contribution in [1.29, 1.82) is 0 Å². The van der Waals surface area contributed by atoms with Crippen LogP contribution in [0.25, 0.3) is 0 Å². The van der Waals surface area contributed by atoms with Crippen LogP contribution < -0.4 is 0 Å². The first kappa shape index (κ1) is 21.6. The van der Waals surface area contributed by atoms with Crippen LogP contribution >= 0.6 is 63.7 Å². The molecule has 0 spiro atoms. The van der Waals surface area contributed by atoms with Crippen LogP contribution in [0.3, 0.4) is 0 Å². The Labute approximate surface area is 174 Å². The summed E-state index contributed by atoms with van der Waals surface area (Å²) in [4.78, 5) is 23.7. The lowest BCUT2D eigenvalue weighted by atomic mass is 10.1. The van der Waals surface area contributed by atoms with Crippen LogP contribution in [0.1, 0.15) is 25.0 Å². The van der Waals surface area contributed by atoms with Gasteiger partial charge >= 0.3 is 11.9 Å². The molecule has 0 bridgehead atoms. The number of hydrogen-bond acceptors (Lipinski definition) is 4. The number of halogens is 4. The lowest BCUT2D eigenvalue weighted by Crippen LogP contribution is -2.27. The van der Waals surface area contributed by atoms with Crippen molar-refractivity contribution in [1.82, 2.24) is 0 Å². The number of carbonyl (C=O) groups excluding carboxylic acids is 2. The third-order valence-corrected chi connectivity index (χ3v) is 5.05. The van der Waals surface area contributed by atoms with Gasteiger partial charge in [-0.05, 0) is 77.6 Å². The van der Waals surface area contributed by atoms with Crippen molar-refractivity contribution in [3.8, 4) is 0 Å². The van der Waals surface area contributed by atoms with Gasteiger partial charge in [0.25, 0.3) is 0 Å². The Hall–Kier alpha value is -0.440. The molecule has 4 nitrogen and oxygen atoms in total. The molecule has 0 heterocycles. The van der Waals surface area contributed by atoms with E-state index >= 15 is 0 Å². The summed E-state index contributed by atoms with van der Waals surface area (Å²) in [6.07, 6.45) is 0. The second-order valence-corrected chi connectivity index (χ2v) is 11.5. The molecule has 24 heavy (non-hydrogen) atoms. The van der Waals surface area contributed by atoms with E-state index in [-0.39, 0.29) is 11.1 Å². The van der Waals surface area contributed by atoms with Gasteiger partial charge in [-0.3, -0.25) is 0 Å². The summed E-state index contributed by atoms with van der Waals surface area (Å²) in [7, 11) is 0. The highest BCUT2D eigenvalue weighted by molar-refractivity contribution is 9.25. The highest BCUT2D eigenvalue weighted by Crippen LogP contribution is 2.49. The molecule has 0 N–H and O–H groups in total. The van der Waals surface area contributed by atoms with Crippen LogP contribution in [-0.2, 0) is 25.9 Å². The molecule has 0 amide bonds. The van der Waals surface area contributed by atoms with Crippen LogP contribution in [0.5, 0.6) is 0 Å². The predicted molar refractivity (Wildman–Crippen MR) is 107 cm³/mol. The highest BCUT2D eigenvalue weighted by Gasteiger charge is 2.40. The van der Waals surface area contributed by atoms with Crippen LogP contribution in [0.4, 0.5) is 0 Å². The SMILES string of the molecule is C=C(C)C(=O)OC(Br)(Br)c1ccccc1C(Br)(Br)OC(=O)C(=C)C. The summed E-state index contributed by atoms with van der Waals surface area (Å²) in [6, 6.07) is 6.91. The van der Waals surface area contributed by atoms with E-state index in [0.29, 0.717) is 11.1 Å². The number of rotatable bonds is 6. The number of alkyl halides is 4. The maximum absolute atomic E-state index is 11.9. The molecule has 0 radical (unpaired) electrons. The normalized spacial score (nSPS) is 11.6. The Balaban J connectivity index is 3.29. The zero-order chi connectivity index (χ0) is 18.7. The van der Waals surface area contributed by atoms with E-state index in [9.17, 15) is 9.59 Å². The van der Waals surface area contributed by atoms with Crippen molar-refractivity contribution < 1.29 is 19.1 Å². The molecule has 1 aromatic carbocycles. The summed E-state index contributed by atoms with van der Waals surface area (Å²) in [5.74, 6) is -1.18. The molecule has 0 aliphatic carbocycles. The predicted octanol–water partition coefficient (Wildman–Crippen LogP) is 5.73. The minimum Gasteiger partial charge on any atom is -0.429 e. The molecule has 0 aliphatic heterocycles. The van der Waals surface area contributed by atoms with Crippen molar-refractivity contribution >= 4 is 75.7 Å². The molecule has 0 fully saturated rings. The average Bonchev–Trinajstić information content (AvgIpc) is 2.46. The third kappa shape index (κ3) is 5.54. The maximum Gasteiger partial charge on any atom is 0.335 e. The zero-order valence-corrected chi connectivity index (χ0v) is 19.2. The summed E-state index contributed by atoms with van der Waals surface area (Å²) >= 11 is 13.3. The van der Waals surface area contributed by atoms with Crippen molar-refractivity contribution in [3.63, 3.8) is 0 Å². The molecule has 8 heteroatoms. The summed E-state index contributed by atoms with van der Waals surface area (Å²) in [5.41, 5.74) is 1.49. The quantitative estimate of drug-likeness (QED) is 0.242. The molecule has 0 saturated carbocycles. The lowest BCUT2D eigenvalue weighted by molar-refractivity contribution is -0.143. The van der Waals surface area contributed by atoms with Gasteiger partial charge in [0.2, 0.25) is 6.84 Å². The second kappa shape index (κ2) is 8.29. The smallest absolute Gasteiger partial charge is 0.335 e. The molecule has 0 aliphatic rings. The van der Waals surface area contributed by atoms with E-state index in [1.54, 1.807) is 24.3 Å². The number of ether oxygens (including phenoxy) is 2. The standard InChI is InChI=1S/C16H14Br4O4/c1-9(2)13(21)23-15(17,18)11-7-5-6-8-12(11)16(19,20)24-14(22)10(3)4/h5-8H,1,3H2,2,4H3. The van der Waals surface area contributed by atoms with Gasteiger partial charge in [-0.2, -0.15) is 0 Å². The first-order valence-electron chi connectivity index (χ1n) is 6.52. The van der Waals surface area contributed by atoms with Crippen LogP contribution in [0, 0.1) is 0 Å². The Bertz CT molecular complexity index is 636. The molecule has 0 aromatic heterocycles. The topological polar surface area (TPSA) is 52.6 Å². The van der Waals surface area contributed by atoms with E-state index in [0.717, 1.165) is 0 Å². The first-order valence-corrected chi connectivity index (χ1v) is 9.69. The number of hydrogen-bond donors (Lipinski definition) is 0. The first-order chi connectivity index (χ1) is 10.9. The Morgan fingerprint density at radius 3 is 1.38 bits per heavy atom. The van der Waals surface area contributed by atoms with Crippen LogP contribution in [0.2, 0.25) is 0 Å². The number of carbonyl (C=O) groups is 2. The highest BCUT2D eigenvalue weighted by atomic mass is 79.9. The van der Waals surface area contributed by atoms with Crippen molar-refractivity contribution in [2.75, 3.05) is 0 Å². The van der Waals surface area contributed by atoms with Crippen molar-refractivity contribution in [2.24, 2.45) is 0 Å². The lowest BCUT2D eigenvalue weighted by Gasteiger charge is -2.29. The van der Waals surface area contributed by atoms with E-state index in [4.69, 9.17) is 9.47 Å². The van der Waals surface area contributed by atoms with Gasteiger partial charge < -0.3 is 9.47 Å². The molecule has 0 atom stereocenters. The Kier molecular flexibility index (Phi) is 7.46. The van der Waals surface area contributed by atoms with Crippen molar-refractivity contribution in [2.45, 2.75) is 20.7 Å². The maximum atomic E-state index is 11.9. The monoisotopic (exact) mass is 586 g/mol. The number of benzene rings is 1. The molecular formula is C16H14Br4O4. The molecule has 1 rings (SSSR count). The van der Waals surface area contributed by atoms with E-state index in [2.05, 4.69) is 76.9 Å². The van der Waals surface area contributed by atoms with Gasteiger partial charge in [-0.1, -0.05) is 37.4 Å². The summed E-state index contributed by atoms with van der Waals surface area (Å²) in [6.45, 7) is 10.2. The van der Waals surface area contributed by atoms with Gasteiger partial charge in [-0.15, -0.1) is 0 Å². The van der Waals surface area contributed by atoms with E-state index in [1.165, 1.54) is 13.8 Å². The fourth-order valence-corrected chi connectivity index (χ4v) is 3.48. The Morgan fingerprint density at radius 2 is 1.12 bits per heavy atom. The van der Waals surface area contributed by atoms with Gasteiger partial charge in [0, 0.05) is 22.3 Å². The zero-order valence-electron chi connectivity index (χ0n) is 12.9. The fraction of sp³-hybridized carbons (Fsp3) is 0.250. The van der Waals surface area contributed by atoms with Gasteiger partial charge in [0.1, 0.15) is 0 Å². The average molecular weight is 590 g/mol. The van der Waals surface area contributed by atoms with Crippen LogP contribution in [0.15, 0.2) is 48.6 Å². The third-order valence-electron chi connectivity index (χ3n) is 2.69. The van der Waals surface area contributed by atoms with Crippen LogP contribution in [-0.4, -0.2) is 11.9 Å². The molecule has 0 saturated heterocycles. The fourth-order valence-electron chi connectivity index (χ4n) is 1.51. The van der Waals surface area contributed by atoms with Crippen molar-refractivity contribution in [3.05, 3.63) is 59.7 Å². The molecule has 0 unspecified atom stereocenters. The van der Waals surface area contributed by atoms with E-state index < -0.39 is 18.8 Å². The largest absolute Gasteiger partial charge is 0.429 e. The van der Waals surface area contributed by atoms with Gasteiger partial charge in [0.15, 0.2) is 0 Å². The summed E-state index contributed by atoms with van der Waals surface area (Å²) < 4.78 is 8.06. The van der Waals surface area contributed by atoms with E-state index in [1.807, 2.05) is 0 Å². The Morgan fingerprint density at radius 1 is 0.833 bits per heavy atom.